The van der Waals surface area contributed by atoms with Crippen LogP contribution >= 0.6 is 0 Å². The van der Waals surface area contributed by atoms with Crippen LogP contribution in [0.3, 0.4) is 0 Å². The molecule has 0 aliphatic heterocycles. The molecule has 10 rings (SSSR count). The molecular formula is C38H50. The Balaban J connectivity index is 1.31. The molecule has 0 saturated heterocycles. The third kappa shape index (κ3) is 3.10. The van der Waals surface area contributed by atoms with Gasteiger partial charge >= 0.3 is 0 Å². The van der Waals surface area contributed by atoms with E-state index >= 15 is 0 Å². The maximum atomic E-state index is 2.72. The Labute approximate surface area is 232 Å². The maximum Gasteiger partial charge on any atom is -0.00311 e. The van der Waals surface area contributed by atoms with Gasteiger partial charge in [0.25, 0.3) is 0 Å². The summed E-state index contributed by atoms with van der Waals surface area (Å²) in [7, 11) is 0. The third-order valence-electron chi connectivity index (χ3n) is 13.6. The molecule has 2 aromatic carbocycles. The van der Waals surface area contributed by atoms with Crippen molar-refractivity contribution in [2.45, 2.75) is 129 Å². The topological polar surface area (TPSA) is 0 Å². The van der Waals surface area contributed by atoms with Gasteiger partial charge in [0.1, 0.15) is 0 Å². The van der Waals surface area contributed by atoms with Crippen molar-refractivity contribution < 1.29 is 0 Å². The fourth-order valence-corrected chi connectivity index (χ4v) is 14.9. The smallest absolute Gasteiger partial charge is 0.00311 e. The summed E-state index contributed by atoms with van der Waals surface area (Å²) in [6.45, 7) is 15.4. The summed E-state index contributed by atoms with van der Waals surface area (Å²) >= 11 is 0. The molecule has 8 aliphatic carbocycles. The van der Waals surface area contributed by atoms with Crippen LogP contribution in [0.15, 0.2) is 48.5 Å². The van der Waals surface area contributed by atoms with Crippen LogP contribution in [0.4, 0.5) is 0 Å². The van der Waals surface area contributed by atoms with E-state index in [-0.39, 0.29) is 0 Å². The van der Waals surface area contributed by atoms with Gasteiger partial charge in [0.05, 0.1) is 0 Å². The standard InChI is InChI=1S/C38H50/c1-27-7-11-29(12-8-27)35-17-31(3)15-32(4,18-35)22-37(21-31,25-35)38-23-33(5)16-34(6,24-38)20-36(19-33,26-38)30-13-9-28(2)10-14-30/h7-14H,15-26H2,1-6H3. The Bertz CT molecular complexity index is 1170. The Morgan fingerprint density at radius 1 is 0.368 bits per heavy atom. The number of rotatable bonds is 3. The number of hydrogen-bond donors (Lipinski definition) is 0. The quantitative estimate of drug-likeness (QED) is 0.388. The highest BCUT2D eigenvalue weighted by Gasteiger charge is 2.76. The van der Waals surface area contributed by atoms with Crippen LogP contribution in [0.25, 0.3) is 0 Å². The molecule has 2 aromatic rings. The zero-order chi connectivity index (χ0) is 26.5. The summed E-state index contributed by atoms with van der Waals surface area (Å²) in [5.41, 5.74) is 9.92. The van der Waals surface area contributed by atoms with Crippen molar-refractivity contribution in [1.82, 2.24) is 0 Å². The lowest BCUT2D eigenvalue weighted by Crippen LogP contribution is -2.71. The lowest BCUT2D eigenvalue weighted by atomic mass is 9.24. The average molecular weight is 507 g/mol. The second-order valence-electron chi connectivity index (χ2n) is 18.2. The molecule has 0 heteroatoms. The van der Waals surface area contributed by atoms with Gasteiger partial charge in [0, 0.05) is 0 Å². The van der Waals surface area contributed by atoms with Gasteiger partial charge in [-0.3, -0.25) is 0 Å². The van der Waals surface area contributed by atoms with Gasteiger partial charge in [-0.25, -0.2) is 0 Å². The fraction of sp³-hybridized carbons (Fsp3) is 0.684. The van der Waals surface area contributed by atoms with Crippen molar-refractivity contribution in [2.75, 3.05) is 0 Å². The molecule has 0 amide bonds. The zero-order valence-corrected chi connectivity index (χ0v) is 25.1. The van der Waals surface area contributed by atoms with Crippen LogP contribution in [0.5, 0.6) is 0 Å². The lowest BCUT2D eigenvalue weighted by molar-refractivity contribution is -0.275. The van der Waals surface area contributed by atoms with E-state index < -0.39 is 0 Å². The second-order valence-corrected chi connectivity index (χ2v) is 18.2. The van der Waals surface area contributed by atoms with Crippen LogP contribution in [-0.2, 0) is 10.8 Å². The van der Waals surface area contributed by atoms with Crippen LogP contribution < -0.4 is 0 Å². The Kier molecular flexibility index (Phi) is 4.36. The molecule has 0 heterocycles. The normalized spacial score (nSPS) is 52.1. The average Bonchev–Trinajstić information content (AvgIpc) is 2.75. The van der Waals surface area contributed by atoms with Crippen molar-refractivity contribution in [3.8, 4) is 0 Å². The van der Waals surface area contributed by atoms with Crippen molar-refractivity contribution in [1.29, 1.82) is 0 Å². The first-order valence-corrected chi connectivity index (χ1v) is 15.9. The van der Waals surface area contributed by atoms with Crippen molar-refractivity contribution in [3.05, 3.63) is 70.8 Å². The minimum Gasteiger partial charge on any atom is -0.0596 e. The van der Waals surface area contributed by atoms with Crippen molar-refractivity contribution in [2.24, 2.45) is 32.5 Å². The molecular weight excluding hydrogens is 456 g/mol. The number of aryl methyl sites for hydroxylation is 2. The molecule has 0 spiro atoms. The highest BCUT2D eigenvalue weighted by molar-refractivity contribution is 5.39. The van der Waals surface area contributed by atoms with E-state index in [1.54, 1.807) is 11.1 Å². The minimum atomic E-state index is 0.383. The molecule has 8 aliphatic rings. The van der Waals surface area contributed by atoms with E-state index in [0.29, 0.717) is 43.3 Å². The summed E-state index contributed by atoms with van der Waals surface area (Å²) < 4.78 is 0. The van der Waals surface area contributed by atoms with E-state index in [0.717, 1.165) is 0 Å². The maximum absolute atomic E-state index is 2.72. The Morgan fingerprint density at radius 3 is 0.947 bits per heavy atom. The molecule has 0 radical (unpaired) electrons. The Morgan fingerprint density at radius 2 is 0.658 bits per heavy atom. The van der Waals surface area contributed by atoms with Gasteiger partial charge in [-0.05, 0) is 145 Å². The van der Waals surface area contributed by atoms with Gasteiger partial charge < -0.3 is 0 Å². The van der Waals surface area contributed by atoms with Gasteiger partial charge in [-0.15, -0.1) is 0 Å². The fourth-order valence-electron chi connectivity index (χ4n) is 14.9. The Hall–Kier alpha value is -1.56. The highest BCUT2D eigenvalue weighted by atomic mass is 14.8. The first-order chi connectivity index (χ1) is 17.7. The van der Waals surface area contributed by atoms with Gasteiger partial charge in [-0.1, -0.05) is 87.4 Å². The molecule has 0 aromatic heterocycles. The second kappa shape index (κ2) is 6.83. The van der Waals surface area contributed by atoms with Crippen LogP contribution in [0.2, 0.25) is 0 Å². The molecule has 0 N–H and O–H groups in total. The largest absolute Gasteiger partial charge is 0.0596 e. The van der Waals surface area contributed by atoms with E-state index in [4.69, 9.17) is 0 Å². The lowest BCUT2D eigenvalue weighted by Gasteiger charge is -2.80. The zero-order valence-electron chi connectivity index (χ0n) is 25.1. The van der Waals surface area contributed by atoms with Crippen molar-refractivity contribution >= 4 is 0 Å². The van der Waals surface area contributed by atoms with E-state index in [9.17, 15) is 0 Å². The van der Waals surface area contributed by atoms with Crippen molar-refractivity contribution in [3.63, 3.8) is 0 Å². The van der Waals surface area contributed by atoms with Crippen LogP contribution in [-0.4, -0.2) is 0 Å². The summed E-state index contributed by atoms with van der Waals surface area (Å²) in [5.74, 6) is 0. The summed E-state index contributed by atoms with van der Waals surface area (Å²) in [6, 6.07) is 19.8. The van der Waals surface area contributed by atoms with Gasteiger partial charge in [0.15, 0.2) is 0 Å². The summed E-state index contributed by atoms with van der Waals surface area (Å²) in [5, 5.41) is 0. The predicted molar refractivity (Wildman–Crippen MR) is 158 cm³/mol. The molecule has 8 fully saturated rings. The predicted octanol–water partition coefficient (Wildman–Crippen LogP) is 10.2. The number of benzene rings is 2. The van der Waals surface area contributed by atoms with Gasteiger partial charge in [-0.2, -0.15) is 0 Å². The molecule has 8 bridgehead atoms. The third-order valence-corrected chi connectivity index (χ3v) is 13.6. The van der Waals surface area contributed by atoms with Crippen LogP contribution in [0.1, 0.15) is 127 Å². The SMILES string of the molecule is Cc1ccc(C23CC4(C)CC(C)(C2)CC(C25CC6(C)CC(C)(CC(c7ccc(C)cc7)(C6)C2)C5)(C4)C3)cc1. The van der Waals surface area contributed by atoms with Crippen LogP contribution in [0, 0.1) is 46.3 Å². The number of hydrogen-bond acceptors (Lipinski definition) is 0. The van der Waals surface area contributed by atoms with Gasteiger partial charge in [0.2, 0.25) is 0 Å². The molecule has 4 unspecified atom stereocenters. The van der Waals surface area contributed by atoms with E-state index in [1.165, 1.54) is 88.2 Å². The highest BCUT2D eigenvalue weighted by Crippen LogP contribution is 2.85. The monoisotopic (exact) mass is 506 g/mol. The molecule has 38 heavy (non-hydrogen) atoms. The van der Waals surface area contributed by atoms with E-state index in [1.807, 2.05) is 0 Å². The summed E-state index contributed by atoms with van der Waals surface area (Å²) in [4.78, 5) is 0. The summed E-state index contributed by atoms with van der Waals surface area (Å²) in [6.07, 6.45) is 17.5. The first kappa shape index (κ1) is 24.3. The first-order valence-electron chi connectivity index (χ1n) is 15.9. The molecule has 0 nitrogen and oxygen atoms in total. The molecule has 4 atom stereocenters. The molecule has 202 valence electrons. The minimum absolute atomic E-state index is 0.383. The molecule has 8 saturated carbocycles. The van der Waals surface area contributed by atoms with E-state index in [2.05, 4.69) is 90.1 Å².